The lowest BCUT2D eigenvalue weighted by Gasteiger charge is -2.19. The molecule has 1 aliphatic carbocycles. The SMILES string of the molecule is NC(=S)c1ccnc(Nc2cccc3c2CCCC3)n1. The molecule has 4 nitrogen and oxygen atoms in total. The molecule has 2 aromatic rings. The molecule has 0 radical (unpaired) electrons. The summed E-state index contributed by atoms with van der Waals surface area (Å²) < 4.78 is 0. The molecule has 0 saturated heterocycles. The number of fused-ring (bicyclic) bond motifs is 1. The Labute approximate surface area is 123 Å². The first-order valence-electron chi connectivity index (χ1n) is 6.74. The molecule has 0 aliphatic heterocycles. The third kappa shape index (κ3) is 2.63. The highest BCUT2D eigenvalue weighted by molar-refractivity contribution is 7.80. The first-order valence-corrected chi connectivity index (χ1v) is 7.15. The van der Waals surface area contributed by atoms with Gasteiger partial charge in [0.25, 0.3) is 0 Å². The first-order chi connectivity index (χ1) is 9.74. The highest BCUT2D eigenvalue weighted by Gasteiger charge is 2.13. The number of thiocarbonyl (C=S) groups is 1. The molecule has 1 aromatic heterocycles. The monoisotopic (exact) mass is 284 g/mol. The average Bonchev–Trinajstić information content (AvgIpc) is 2.48. The topological polar surface area (TPSA) is 63.8 Å². The fourth-order valence-corrected chi connectivity index (χ4v) is 2.69. The van der Waals surface area contributed by atoms with Gasteiger partial charge in [0.05, 0.1) is 0 Å². The van der Waals surface area contributed by atoms with Crippen LogP contribution in [0.4, 0.5) is 11.6 Å². The Morgan fingerprint density at radius 1 is 1.20 bits per heavy atom. The number of rotatable bonds is 3. The van der Waals surface area contributed by atoms with Gasteiger partial charge in [-0.25, -0.2) is 9.97 Å². The smallest absolute Gasteiger partial charge is 0.227 e. The molecular weight excluding hydrogens is 268 g/mol. The van der Waals surface area contributed by atoms with Gasteiger partial charge in [0.1, 0.15) is 10.7 Å². The lowest BCUT2D eigenvalue weighted by Crippen LogP contribution is -2.13. The summed E-state index contributed by atoms with van der Waals surface area (Å²) in [6, 6.07) is 8.06. The van der Waals surface area contributed by atoms with Crippen LogP contribution >= 0.6 is 12.2 Å². The Kier molecular flexibility index (Phi) is 3.60. The molecule has 0 bridgehead atoms. The zero-order valence-electron chi connectivity index (χ0n) is 11.1. The number of aryl methyl sites for hydroxylation is 1. The van der Waals surface area contributed by atoms with E-state index in [4.69, 9.17) is 18.0 Å². The molecule has 1 aliphatic rings. The molecule has 3 rings (SSSR count). The van der Waals surface area contributed by atoms with Crippen molar-refractivity contribution in [3.63, 3.8) is 0 Å². The normalized spacial score (nSPS) is 13.6. The third-order valence-electron chi connectivity index (χ3n) is 3.55. The summed E-state index contributed by atoms with van der Waals surface area (Å²) in [5.41, 5.74) is 10.1. The first kappa shape index (κ1) is 13.0. The van der Waals surface area contributed by atoms with Gasteiger partial charge >= 0.3 is 0 Å². The molecule has 0 amide bonds. The van der Waals surface area contributed by atoms with Gasteiger partial charge in [0.2, 0.25) is 5.95 Å². The number of anilines is 2. The Balaban J connectivity index is 1.91. The van der Waals surface area contributed by atoms with Gasteiger partial charge in [0.15, 0.2) is 0 Å². The number of benzene rings is 1. The lowest BCUT2D eigenvalue weighted by molar-refractivity contribution is 0.687. The fraction of sp³-hybridized carbons (Fsp3) is 0.267. The van der Waals surface area contributed by atoms with Gasteiger partial charge in [-0.15, -0.1) is 0 Å². The molecule has 3 N–H and O–H groups in total. The third-order valence-corrected chi connectivity index (χ3v) is 3.76. The number of hydrogen-bond donors (Lipinski definition) is 2. The number of nitrogens with two attached hydrogens (primary N) is 1. The molecule has 0 spiro atoms. The Morgan fingerprint density at radius 2 is 2.05 bits per heavy atom. The van der Waals surface area contributed by atoms with Crippen LogP contribution in [0.1, 0.15) is 29.7 Å². The van der Waals surface area contributed by atoms with Crippen LogP contribution in [0.25, 0.3) is 0 Å². The summed E-state index contributed by atoms with van der Waals surface area (Å²) in [6.07, 6.45) is 6.43. The minimum atomic E-state index is 0.283. The second-order valence-electron chi connectivity index (χ2n) is 4.91. The molecule has 20 heavy (non-hydrogen) atoms. The minimum Gasteiger partial charge on any atom is -0.388 e. The maximum atomic E-state index is 5.60. The van der Waals surface area contributed by atoms with Gasteiger partial charge in [-0.1, -0.05) is 24.4 Å². The van der Waals surface area contributed by atoms with Crippen molar-refractivity contribution in [1.82, 2.24) is 9.97 Å². The van der Waals surface area contributed by atoms with E-state index in [1.54, 1.807) is 12.3 Å². The van der Waals surface area contributed by atoms with E-state index in [1.807, 2.05) is 0 Å². The average molecular weight is 284 g/mol. The molecule has 5 heteroatoms. The van der Waals surface area contributed by atoms with Crippen LogP contribution in [0.15, 0.2) is 30.5 Å². The largest absolute Gasteiger partial charge is 0.388 e. The van der Waals surface area contributed by atoms with E-state index in [2.05, 4.69) is 33.5 Å². The fourth-order valence-electron chi connectivity index (χ4n) is 2.58. The molecule has 0 unspecified atom stereocenters. The molecular formula is C15H16N4S. The van der Waals surface area contributed by atoms with Crippen LogP contribution in [0, 0.1) is 0 Å². The Morgan fingerprint density at radius 3 is 2.90 bits per heavy atom. The number of aromatic nitrogens is 2. The standard InChI is InChI=1S/C15H16N4S/c16-14(20)13-8-9-17-15(19-13)18-12-7-3-5-10-4-1-2-6-11(10)12/h3,5,7-9H,1-2,4,6H2,(H2,16,20)(H,17,18,19). The van der Waals surface area contributed by atoms with Crippen molar-refractivity contribution in [3.8, 4) is 0 Å². The van der Waals surface area contributed by atoms with E-state index in [9.17, 15) is 0 Å². The van der Waals surface area contributed by atoms with Crippen LogP contribution in [0.3, 0.4) is 0 Å². The summed E-state index contributed by atoms with van der Waals surface area (Å²) in [5.74, 6) is 0.536. The van der Waals surface area contributed by atoms with E-state index in [0.29, 0.717) is 11.6 Å². The second kappa shape index (κ2) is 5.54. The van der Waals surface area contributed by atoms with Crippen LogP contribution in [-0.2, 0) is 12.8 Å². The van der Waals surface area contributed by atoms with Crippen molar-refractivity contribution in [2.45, 2.75) is 25.7 Å². The van der Waals surface area contributed by atoms with Crippen molar-refractivity contribution in [2.24, 2.45) is 5.73 Å². The number of hydrogen-bond acceptors (Lipinski definition) is 4. The van der Waals surface area contributed by atoms with Crippen molar-refractivity contribution >= 4 is 28.8 Å². The molecule has 1 heterocycles. The minimum absolute atomic E-state index is 0.283. The molecule has 1 aromatic carbocycles. The summed E-state index contributed by atoms with van der Waals surface area (Å²) >= 11 is 4.94. The maximum absolute atomic E-state index is 5.60. The van der Waals surface area contributed by atoms with Gasteiger partial charge in [-0.2, -0.15) is 0 Å². The predicted molar refractivity (Wildman–Crippen MR) is 84.3 cm³/mol. The van der Waals surface area contributed by atoms with Gasteiger partial charge in [-0.3, -0.25) is 0 Å². The van der Waals surface area contributed by atoms with Crippen LogP contribution in [-0.4, -0.2) is 15.0 Å². The summed E-state index contributed by atoms with van der Waals surface area (Å²) in [7, 11) is 0. The van der Waals surface area contributed by atoms with E-state index in [0.717, 1.165) is 18.5 Å². The Bertz CT molecular complexity index is 654. The van der Waals surface area contributed by atoms with Crippen LogP contribution < -0.4 is 11.1 Å². The second-order valence-corrected chi connectivity index (χ2v) is 5.34. The van der Waals surface area contributed by atoms with E-state index in [1.165, 1.54) is 24.0 Å². The number of nitrogens with one attached hydrogen (secondary N) is 1. The highest BCUT2D eigenvalue weighted by atomic mass is 32.1. The van der Waals surface area contributed by atoms with Gasteiger partial charge < -0.3 is 11.1 Å². The molecule has 102 valence electrons. The van der Waals surface area contributed by atoms with Crippen LogP contribution in [0.2, 0.25) is 0 Å². The van der Waals surface area contributed by atoms with Gasteiger partial charge in [-0.05, 0) is 48.9 Å². The highest BCUT2D eigenvalue weighted by Crippen LogP contribution is 2.29. The molecule has 0 saturated carbocycles. The van der Waals surface area contributed by atoms with E-state index < -0.39 is 0 Å². The molecule has 0 fully saturated rings. The quantitative estimate of drug-likeness (QED) is 0.849. The van der Waals surface area contributed by atoms with Crippen molar-refractivity contribution in [2.75, 3.05) is 5.32 Å². The number of nitrogens with zero attached hydrogens (tertiary/aromatic N) is 2. The Hall–Kier alpha value is -2.01. The zero-order valence-corrected chi connectivity index (χ0v) is 11.9. The zero-order chi connectivity index (χ0) is 13.9. The van der Waals surface area contributed by atoms with E-state index >= 15 is 0 Å². The summed E-state index contributed by atoms with van der Waals surface area (Å²) in [6.45, 7) is 0. The lowest BCUT2D eigenvalue weighted by atomic mass is 9.90. The van der Waals surface area contributed by atoms with Crippen molar-refractivity contribution < 1.29 is 0 Å². The van der Waals surface area contributed by atoms with Gasteiger partial charge in [0, 0.05) is 11.9 Å². The van der Waals surface area contributed by atoms with Crippen molar-refractivity contribution in [1.29, 1.82) is 0 Å². The molecule has 0 atom stereocenters. The van der Waals surface area contributed by atoms with Crippen molar-refractivity contribution in [3.05, 3.63) is 47.3 Å². The predicted octanol–water partition coefficient (Wildman–Crippen LogP) is 2.73. The summed E-state index contributed by atoms with van der Waals surface area (Å²) in [5, 5.41) is 3.29. The van der Waals surface area contributed by atoms with E-state index in [-0.39, 0.29) is 4.99 Å². The summed E-state index contributed by atoms with van der Waals surface area (Å²) in [4.78, 5) is 8.84. The van der Waals surface area contributed by atoms with Crippen LogP contribution in [0.5, 0.6) is 0 Å². The maximum Gasteiger partial charge on any atom is 0.227 e.